The lowest BCUT2D eigenvalue weighted by atomic mass is 10.1. The second-order valence-electron chi connectivity index (χ2n) is 4.98. The Kier molecular flexibility index (Phi) is 4.80. The number of carbonyl (C=O) groups excluding carboxylic acids is 1. The van der Waals surface area contributed by atoms with E-state index in [9.17, 15) is 4.79 Å². The third-order valence-corrected chi connectivity index (χ3v) is 3.62. The number of nitrogens with zero attached hydrogens (tertiary/aromatic N) is 1. The molecule has 1 unspecified atom stereocenters. The van der Waals surface area contributed by atoms with E-state index in [0.717, 1.165) is 38.2 Å². The Bertz CT molecular complexity index is 434. The molecule has 1 aliphatic heterocycles. The molecule has 1 aromatic rings. The molecular formula is C15H22N2O2. The molecule has 19 heavy (non-hydrogen) atoms. The van der Waals surface area contributed by atoms with Crippen molar-refractivity contribution in [3.8, 4) is 0 Å². The van der Waals surface area contributed by atoms with Crippen molar-refractivity contribution in [2.24, 2.45) is 0 Å². The van der Waals surface area contributed by atoms with Crippen molar-refractivity contribution in [3.05, 3.63) is 29.8 Å². The molecule has 1 saturated heterocycles. The molecule has 0 aromatic heterocycles. The Morgan fingerprint density at radius 3 is 3.05 bits per heavy atom. The number of ether oxygens (including phenoxy) is 1. The molecule has 1 aliphatic rings. The van der Waals surface area contributed by atoms with Gasteiger partial charge in [0.25, 0.3) is 0 Å². The molecule has 4 nitrogen and oxygen atoms in total. The summed E-state index contributed by atoms with van der Waals surface area (Å²) in [5.41, 5.74) is 1.73. The molecule has 4 heteroatoms. The number of benzene rings is 1. The highest BCUT2D eigenvalue weighted by atomic mass is 16.5. The number of methoxy groups -OCH3 is 1. The summed E-state index contributed by atoms with van der Waals surface area (Å²) in [6, 6.07) is 8.19. The largest absolute Gasteiger partial charge is 0.465 e. The van der Waals surface area contributed by atoms with E-state index in [1.165, 1.54) is 7.11 Å². The van der Waals surface area contributed by atoms with Gasteiger partial charge in [0.15, 0.2) is 0 Å². The van der Waals surface area contributed by atoms with Gasteiger partial charge in [0.2, 0.25) is 0 Å². The highest BCUT2D eigenvalue weighted by Crippen LogP contribution is 2.21. The molecule has 0 aliphatic carbocycles. The molecule has 0 radical (unpaired) electrons. The van der Waals surface area contributed by atoms with Gasteiger partial charge in [-0.3, -0.25) is 0 Å². The Hall–Kier alpha value is -1.55. The maximum absolute atomic E-state index is 11.6. The van der Waals surface area contributed by atoms with Crippen LogP contribution in [-0.4, -0.2) is 38.8 Å². The van der Waals surface area contributed by atoms with Crippen LogP contribution in [0.3, 0.4) is 0 Å². The average molecular weight is 262 g/mol. The van der Waals surface area contributed by atoms with Crippen LogP contribution in [0.1, 0.15) is 30.1 Å². The molecule has 0 spiro atoms. The molecule has 1 fully saturated rings. The topological polar surface area (TPSA) is 41.6 Å². The smallest absolute Gasteiger partial charge is 0.337 e. The van der Waals surface area contributed by atoms with Gasteiger partial charge in [0.05, 0.1) is 12.7 Å². The first-order valence-corrected chi connectivity index (χ1v) is 6.88. The third-order valence-electron chi connectivity index (χ3n) is 3.62. The van der Waals surface area contributed by atoms with E-state index in [-0.39, 0.29) is 5.97 Å². The van der Waals surface area contributed by atoms with Crippen molar-refractivity contribution in [2.75, 3.05) is 31.6 Å². The predicted octanol–water partition coefficient (Wildman–Crippen LogP) is 2.05. The average Bonchev–Trinajstić information content (AvgIpc) is 2.42. The number of anilines is 1. The second kappa shape index (κ2) is 6.57. The highest BCUT2D eigenvalue weighted by molar-refractivity contribution is 5.90. The fraction of sp³-hybridized carbons (Fsp3) is 0.533. The number of hydrogen-bond acceptors (Lipinski definition) is 4. The fourth-order valence-electron chi connectivity index (χ4n) is 2.50. The summed E-state index contributed by atoms with van der Waals surface area (Å²) in [5.74, 6) is -0.275. The summed E-state index contributed by atoms with van der Waals surface area (Å²) in [4.78, 5) is 14.0. The Morgan fingerprint density at radius 2 is 2.26 bits per heavy atom. The molecule has 0 bridgehead atoms. The van der Waals surface area contributed by atoms with E-state index in [0.29, 0.717) is 11.6 Å². The third kappa shape index (κ3) is 3.47. The first kappa shape index (κ1) is 13.9. The van der Waals surface area contributed by atoms with Gasteiger partial charge in [-0.25, -0.2) is 4.79 Å². The molecule has 1 atom stereocenters. The van der Waals surface area contributed by atoms with Gasteiger partial charge in [-0.2, -0.15) is 0 Å². The summed E-state index contributed by atoms with van der Waals surface area (Å²) in [7, 11) is 1.42. The maximum Gasteiger partial charge on any atom is 0.337 e. The van der Waals surface area contributed by atoms with Gasteiger partial charge in [0, 0.05) is 18.3 Å². The summed E-state index contributed by atoms with van der Waals surface area (Å²) in [6.07, 6.45) is 2.23. The van der Waals surface area contributed by atoms with E-state index in [2.05, 4.69) is 23.2 Å². The van der Waals surface area contributed by atoms with Crippen molar-refractivity contribution in [1.29, 1.82) is 0 Å². The predicted molar refractivity (Wildman–Crippen MR) is 76.7 cm³/mol. The molecule has 104 valence electrons. The van der Waals surface area contributed by atoms with Crippen LogP contribution < -0.4 is 10.2 Å². The minimum atomic E-state index is -0.275. The number of esters is 1. The Morgan fingerprint density at radius 1 is 1.42 bits per heavy atom. The van der Waals surface area contributed by atoms with Crippen molar-refractivity contribution in [3.63, 3.8) is 0 Å². The number of carbonyl (C=O) groups is 1. The molecule has 1 N–H and O–H groups in total. The standard InChI is InChI=1S/C15H22N2O2/c1-12-7-9-16-8-4-10-17(12)14-6-3-5-13(11-14)15(18)19-2/h3,5-6,11-12,16H,4,7-10H2,1-2H3. The van der Waals surface area contributed by atoms with Crippen LogP contribution in [-0.2, 0) is 4.74 Å². The second-order valence-corrected chi connectivity index (χ2v) is 4.98. The SMILES string of the molecule is COC(=O)c1cccc(N2CCCNCCC2C)c1. The van der Waals surface area contributed by atoms with Gasteiger partial charge >= 0.3 is 5.97 Å². The number of rotatable bonds is 2. The van der Waals surface area contributed by atoms with Crippen LogP contribution in [0.4, 0.5) is 5.69 Å². The van der Waals surface area contributed by atoms with Crippen molar-refractivity contribution < 1.29 is 9.53 Å². The monoisotopic (exact) mass is 262 g/mol. The minimum Gasteiger partial charge on any atom is -0.465 e. The van der Waals surface area contributed by atoms with Gasteiger partial charge in [0.1, 0.15) is 0 Å². The summed E-state index contributed by atoms with van der Waals surface area (Å²) < 4.78 is 4.78. The van der Waals surface area contributed by atoms with E-state index in [1.807, 2.05) is 12.1 Å². The molecule has 0 saturated carbocycles. The molecule has 2 rings (SSSR count). The first-order valence-electron chi connectivity index (χ1n) is 6.88. The normalized spacial score (nSPS) is 20.5. The van der Waals surface area contributed by atoms with E-state index >= 15 is 0 Å². The Labute approximate surface area is 114 Å². The van der Waals surface area contributed by atoms with Gasteiger partial charge < -0.3 is 15.0 Å². The van der Waals surface area contributed by atoms with Crippen LogP contribution in [0.25, 0.3) is 0 Å². The van der Waals surface area contributed by atoms with Crippen LogP contribution in [0.2, 0.25) is 0 Å². The first-order chi connectivity index (χ1) is 9.22. The lowest BCUT2D eigenvalue weighted by Gasteiger charge is -2.33. The molecule has 1 aromatic carbocycles. The maximum atomic E-state index is 11.6. The zero-order valence-electron chi connectivity index (χ0n) is 11.7. The fourth-order valence-corrected chi connectivity index (χ4v) is 2.50. The molecule has 0 amide bonds. The summed E-state index contributed by atoms with van der Waals surface area (Å²) >= 11 is 0. The van der Waals surface area contributed by atoms with Crippen molar-refractivity contribution >= 4 is 11.7 Å². The summed E-state index contributed by atoms with van der Waals surface area (Å²) in [5, 5.41) is 3.43. The van der Waals surface area contributed by atoms with Crippen molar-refractivity contribution in [2.45, 2.75) is 25.8 Å². The Balaban J connectivity index is 2.20. The molecular weight excluding hydrogens is 240 g/mol. The molecule has 1 heterocycles. The van der Waals surface area contributed by atoms with E-state index in [1.54, 1.807) is 6.07 Å². The van der Waals surface area contributed by atoms with E-state index in [4.69, 9.17) is 4.74 Å². The number of nitrogens with one attached hydrogen (secondary N) is 1. The van der Waals surface area contributed by atoms with Gasteiger partial charge in [-0.15, -0.1) is 0 Å². The highest BCUT2D eigenvalue weighted by Gasteiger charge is 2.17. The lowest BCUT2D eigenvalue weighted by molar-refractivity contribution is 0.0601. The minimum absolute atomic E-state index is 0.275. The van der Waals surface area contributed by atoms with Crippen LogP contribution in [0, 0.1) is 0 Å². The van der Waals surface area contributed by atoms with Crippen LogP contribution >= 0.6 is 0 Å². The van der Waals surface area contributed by atoms with Gasteiger partial charge in [-0.1, -0.05) is 6.07 Å². The quantitative estimate of drug-likeness (QED) is 0.828. The van der Waals surface area contributed by atoms with E-state index < -0.39 is 0 Å². The van der Waals surface area contributed by atoms with Crippen molar-refractivity contribution in [1.82, 2.24) is 5.32 Å². The van der Waals surface area contributed by atoms with Crippen LogP contribution in [0.5, 0.6) is 0 Å². The zero-order chi connectivity index (χ0) is 13.7. The van der Waals surface area contributed by atoms with Gasteiger partial charge in [-0.05, 0) is 51.1 Å². The lowest BCUT2D eigenvalue weighted by Crippen LogP contribution is -2.40. The summed E-state index contributed by atoms with van der Waals surface area (Å²) in [6.45, 7) is 5.35. The zero-order valence-corrected chi connectivity index (χ0v) is 11.7. The van der Waals surface area contributed by atoms with Crippen LogP contribution in [0.15, 0.2) is 24.3 Å². The number of hydrogen-bond donors (Lipinski definition) is 1.